The largest absolute Gasteiger partial charge is 0.508 e. The van der Waals surface area contributed by atoms with Crippen LogP contribution in [0.1, 0.15) is 27.7 Å². The number of rotatable bonds is 3. The van der Waals surface area contributed by atoms with Gasteiger partial charge in [0, 0.05) is 25.2 Å². The van der Waals surface area contributed by atoms with Crippen LogP contribution in [0, 0.1) is 0 Å². The highest BCUT2D eigenvalue weighted by atomic mass is 16.6. The molecule has 0 aliphatic heterocycles. The third-order valence-corrected chi connectivity index (χ3v) is 4.26. The summed E-state index contributed by atoms with van der Waals surface area (Å²) in [6.07, 6.45) is 0.845. The van der Waals surface area contributed by atoms with Crippen LogP contribution >= 0.6 is 0 Å². The molecule has 0 aliphatic carbocycles. The van der Waals surface area contributed by atoms with E-state index in [-0.39, 0.29) is 17.3 Å². The molecule has 2 aromatic heterocycles. The van der Waals surface area contributed by atoms with Crippen molar-refractivity contribution in [1.29, 1.82) is 0 Å². The highest BCUT2D eigenvalue weighted by Gasteiger charge is 2.25. The van der Waals surface area contributed by atoms with Crippen molar-refractivity contribution in [2.24, 2.45) is 7.05 Å². The molecule has 2 heterocycles. The van der Waals surface area contributed by atoms with Crippen molar-refractivity contribution in [3.05, 3.63) is 46.9 Å². The lowest BCUT2D eigenvalue weighted by Gasteiger charge is -2.26. The molecule has 0 radical (unpaired) electrons. The molecule has 8 heteroatoms. The van der Waals surface area contributed by atoms with Gasteiger partial charge in [0.2, 0.25) is 5.95 Å². The van der Waals surface area contributed by atoms with E-state index in [1.165, 1.54) is 15.7 Å². The van der Waals surface area contributed by atoms with Gasteiger partial charge in [-0.05, 0) is 52.0 Å². The van der Waals surface area contributed by atoms with Crippen molar-refractivity contribution in [2.45, 2.75) is 33.3 Å². The van der Waals surface area contributed by atoms with Gasteiger partial charge in [0.25, 0.3) is 5.56 Å². The number of ether oxygens (including phenoxy) is 1. The summed E-state index contributed by atoms with van der Waals surface area (Å²) in [6, 6.07) is 8.31. The molecule has 0 aliphatic rings. The predicted molar refractivity (Wildman–Crippen MR) is 111 cm³/mol. The van der Waals surface area contributed by atoms with E-state index < -0.39 is 11.7 Å². The summed E-state index contributed by atoms with van der Waals surface area (Å²) in [5.41, 5.74) is 0.430. The van der Waals surface area contributed by atoms with Gasteiger partial charge >= 0.3 is 6.09 Å². The van der Waals surface area contributed by atoms with Crippen LogP contribution in [0.25, 0.3) is 22.2 Å². The van der Waals surface area contributed by atoms with E-state index in [4.69, 9.17) is 4.74 Å². The molecule has 8 nitrogen and oxygen atoms in total. The number of anilines is 1. The molecule has 0 atom stereocenters. The number of pyridine rings is 1. The molecule has 3 rings (SSSR count). The molecular formula is C21H24N4O4. The van der Waals surface area contributed by atoms with Crippen LogP contribution in [0.4, 0.5) is 10.7 Å². The first-order valence-corrected chi connectivity index (χ1v) is 9.27. The van der Waals surface area contributed by atoms with Crippen LogP contribution in [0.5, 0.6) is 5.75 Å². The second-order valence-electron chi connectivity index (χ2n) is 7.63. The highest BCUT2D eigenvalue weighted by Crippen LogP contribution is 2.23. The minimum Gasteiger partial charge on any atom is -0.508 e. The van der Waals surface area contributed by atoms with E-state index in [1.807, 2.05) is 0 Å². The molecule has 0 spiro atoms. The molecule has 152 valence electrons. The number of phenolic OH excluding ortho intramolecular Hbond substituents is 1. The minimum absolute atomic E-state index is 0.149. The van der Waals surface area contributed by atoms with Crippen LogP contribution in [0.3, 0.4) is 0 Å². The molecule has 1 amide bonds. The molecule has 0 unspecified atom stereocenters. The Morgan fingerprint density at radius 1 is 1.24 bits per heavy atom. The smallest absolute Gasteiger partial charge is 0.417 e. The fraction of sp³-hybridized carbons (Fsp3) is 0.333. The van der Waals surface area contributed by atoms with Gasteiger partial charge in [-0.25, -0.2) is 19.7 Å². The van der Waals surface area contributed by atoms with Gasteiger partial charge in [0.15, 0.2) is 0 Å². The lowest BCUT2D eigenvalue weighted by molar-refractivity contribution is 0.0578. The number of hydrogen-bond acceptors (Lipinski definition) is 6. The molecule has 0 fully saturated rings. The first-order valence-electron chi connectivity index (χ1n) is 9.27. The van der Waals surface area contributed by atoms with Gasteiger partial charge in [-0.1, -0.05) is 6.07 Å². The second kappa shape index (κ2) is 7.54. The first-order chi connectivity index (χ1) is 13.6. The Balaban J connectivity index is 2.02. The Bertz CT molecular complexity index is 1130. The summed E-state index contributed by atoms with van der Waals surface area (Å²) in [6.45, 7) is 7.41. The molecule has 0 saturated carbocycles. The lowest BCUT2D eigenvalue weighted by Crippen LogP contribution is -2.40. The number of amides is 1. The van der Waals surface area contributed by atoms with Gasteiger partial charge in [0.1, 0.15) is 11.4 Å². The van der Waals surface area contributed by atoms with Gasteiger partial charge in [0.05, 0.1) is 16.8 Å². The van der Waals surface area contributed by atoms with Gasteiger partial charge < -0.3 is 9.84 Å². The molecule has 1 N–H and O–H groups in total. The van der Waals surface area contributed by atoms with E-state index in [0.717, 1.165) is 5.39 Å². The maximum absolute atomic E-state index is 13.0. The molecular weight excluding hydrogens is 372 g/mol. The van der Waals surface area contributed by atoms with E-state index in [1.54, 1.807) is 65.1 Å². The highest BCUT2D eigenvalue weighted by molar-refractivity contribution is 5.86. The maximum atomic E-state index is 13.0. The molecule has 3 aromatic rings. The number of carbonyl (C=O) groups is 1. The number of nitrogens with zero attached hydrogens (tertiary/aromatic N) is 4. The number of benzene rings is 1. The van der Waals surface area contributed by atoms with Crippen molar-refractivity contribution in [3.8, 4) is 17.0 Å². The third-order valence-electron chi connectivity index (χ3n) is 4.26. The quantitative estimate of drug-likeness (QED) is 0.728. The fourth-order valence-corrected chi connectivity index (χ4v) is 2.89. The van der Waals surface area contributed by atoms with Crippen LogP contribution < -0.4 is 10.5 Å². The second-order valence-corrected chi connectivity index (χ2v) is 7.63. The third kappa shape index (κ3) is 4.21. The molecule has 0 bridgehead atoms. The lowest BCUT2D eigenvalue weighted by atomic mass is 10.1. The average Bonchev–Trinajstić information content (AvgIpc) is 2.64. The number of aromatic nitrogens is 3. The number of hydrogen-bond donors (Lipinski definition) is 1. The van der Waals surface area contributed by atoms with Crippen molar-refractivity contribution >= 4 is 22.9 Å². The zero-order chi connectivity index (χ0) is 21.3. The van der Waals surface area contributed by atoms with Crippen LogP contribution in [0.2, 0.25) is 0 Å². The topological polar surface area (TPSA) is 97.6 Å². The van der Waals surface area contributed by atoms with Crippen molar-refractivity contribution < 1.29 is 14.6 Å². The SMILES string of the molecule is CCN(C(=O)OC(C)(C)C)c1ncc(-c2ccc3cc(O)ccc3n2)c(=O)n1C. The van der Waals surface area contributed by atoms with Crippen molar-refractivity contribution in [1.82, 2.24) is 14.5 Å². The summed E-state index contributed by atoms with van der Waals surface area (Å²) in [5.74, 6) is 0.344. The summed E-state index contributed by atoms with van der Waals surface area (Å²) in [5, 5.41) is 10.3. The van der Waals surface area contributed by atoms with Gasteiger partial charge in [-0.15, -0.1) is 0 Å². The number of carbonyl (C=O) groups excluding carboxylic acids is 1. The number of phenols is 1. The Kier molecular flexibility index (Phi) is 5.28. The summed E-state index contributed by atoms with van der Waals surface area (Å²) in [7, 11) is 1.56. The van der Waals surface area contributed by atoms with Crippen molar-refractivity contribution in [2.75, 3.05) is 11.4 Å². The summed E-state index contributed by atoms with van der Waals surface area (Å²) >= 11 is 0. The number of aromatic hydroxyl groups is 1. The van der Waals surface area contributed by atoms with Crippen LogP contribution in [-0.2, 0) is 11.8 Å². The molecule has 29 heavy (non-hydrogen) atoms. The molecule has 0 saturated heterocycles. The van der Waals surface area contributed by atoms with E-state index in [9.17, 15) is 14.7 Å². The fourth-order valence-electron chi connectivity index (χ4n) is 2.89. The number of fused-ring (bicyclic) bond motifs is 1. The summed E-state index contributed by atoms with van der Waals surface area (Å²) in [4.78, 5) is 35.6. The predicted octanol–water partition coefficient (Wildman–Crippen LogP) is 3.46. The summed E-state index contributed by atoms with van der Waals surface area (Å²) < 4.78 is 6.72. The normalized spacial score (nSPS) is 11.5. The van der Waals surface area contributed by atoms with Crippen molar-refractivity contribution in [3.63, 3.8) is 0 Å². The standard InChI is InChI=1S/C21H24N4O4/c1-6-25(20(28)29-21(2,3)4)19-22-12-15(18(27)24(19)5)17-9-7-13-11-14(26)8-10-16(13)23-17/h7-12,26H,6H2,1-5H3. The minimum atomic E-state index is -0.660. The first kappa shape index (κ1) is 20.3. The monoisotopic (exact) mass is 396 g/mol. The van der Waals surface area contributed by atoms with Gasteiger partial charge in [-0.3, -0.25) is 9.36 Å². The Labute approximate surface area is 168 Å². The Morgan fingerprint density at radius 2 is 1.97 bits per heavy atom. The van der Waals surface area contributed by atoms with E-state index in [2.05, 4.69) is 9.97 Å². The van der Waals surface area contributed by atoms with Crippen LogP contribution in [-0.4, -0.2) is 37.9 Å². The van der Waals surface area contributed by atoms with Crippen LogP contribution in [0.15, 0.2) is 41.3 Å². The zero-order valence-corrected chi connectivity index (χ0v) is 17.1. The Morgan fingerprint density at radius 3 is 2.62 bits per heavy atom. The molecule has 1 aromatic carbocycles. The van der Waals surface area contributed by atoms with Gasteiger partial charge in [-0.2, -0.15) is 0 Å². The van der Waals surface area contributed by atoms with E-state index in [0.29, 0.717) is 23.3 Å². The maximum Gasteiger partial charge on any atom is 0.417 e. The Hall–Kier alpha value is -3.42. The average molecular weight is 396 g/mol. The van der Waals surface area contributed by atoms with E-state index >= 15 is 0 Å². The zero-order valence-electron chi connectivity index (χ0n) is 17.1.